The van der Waals surface area contributed by atoms with Gasteiger partial charge in [0.1, 0.15) is 5.82 Å². The van der Waals surface area contributed by atoms with Crippen molar-refractivity contribution < 1.29 is 14.0 Å². The van der Waals surface area contributed by atoms with E-state index in [1.807, 2.05) is 0 Å². The van der Waals surface area contributed by atoms with Gasteiger partial charge in [-0.25, -0.2) is 4.39 Å². The van der Waals surface area contributed by atoms with Gasteiger partial charge in [-0.15, -0.1) is 12.4 Å². The van der Waals surface area contributed by atoms with Gasteiger partial charge in [0.15, 0.2) is 5.78 Å². The molecule has 0 bridgehead atoms. The summed E-state index contributed by atoms with van der Waals surface area (Å²) in [6, 6.07) is 5.41. The van der Waals surface area contributed by atoms with Crippen molar-refractivity contribution >= 4 is 24.1 Å². The van der Waals surface area contributed by atoms with Gasteiger partial charge in [-0.1, -0.05) is 0 Å². The van der Waals surface area contributed by atoms with Crippen LogP contribution in [-0.2, 0) is 4.79 Å². The Bertz CT molecular complexity index is 459. The lowest BCUT2D eigenvalue weighted by Gasteiger charge is -2.27. The summed E-state index contributed by atoms with van der Waals surface area (Å²) in [5.74, 6) is -0.478. The SMILES string of the molecule is Cl.O=C(CCC(=O)N1CCNCC1)c1ccc(F)cc1. The number of Topliss-reactive ketones (excluding diaryl/α,β-unsaturated/α-hetero) is 1. The maximum Gasteiger partial charge on any atom is 0.223 e. The van der Waals surface area contributed by atoms with Crippen LogP contribution in [0.1, 0.15) is 23.2 Å². The van der Waals surface area contributed by atoms with Crippen molar-refractivity contribution in [2.24, 2.45) is 0 Å². The minimum Gasteiger partial charge on any atom is -0.340 e. The number of carbonyl (C=O) groups is 2. The van der Waals surface area contributed by atoms with Gasteiger partial charge in [0.2, 0.25) is 5.91 Å². The number of ketones is 1. The number of benzene rings is 1. The molecule has 20 heavy (non-hydrogen) atoms. The van der Waals surface area contributed by atoms with E-state index in [4.69, 9.17) is 0 Å². The van der Waals surface area contributed by atoms with Crippen molar-refractivity contribution in [3.05, 3.63) is 35.6 Å². The predicted octanol–water partition coefficient (Wildman–Crippen LogP) is 1.64. The van der Waals surface area contributed by atoms with Gasteiger partial charge in [0.05, 0.1) is 0 Å². The third kappa shape index (κ3) is 4.58. The van der Waals surface area contributed by atoms with E-state index in [2.05, 4.69) is 5.32 Å². The minimum absolute atomic E-state index is 0. The lowest BCUT2D eigenvalue weighted by molar-refractivity contribution is -0.131. The van der Waals surface area contributed by atoms with E-state index >= 15 is 0 Å². The first-order valence-corrected chi connectivity index (χ1v) is 6.44. The number of carbonyl (C=O) groups excluding carboxylic acids is 2. The molecular formula is C14H18ClFN2O2. The smallest absolute Gasteiger partial charge is 0.223 e. The van der Waals surface area contributed by atoms with Gasteiger partial charge in [0.25, 0.3) is 0 Å². The Balaban J connectivity index is 0.00000200. The van der Waals surface area contributed by atoms with Crippen LogP contribution in [0.5, 0.6) is 0 Å². The van der Waals surface area contributed by atoms with Crippen LogP contribution in [0.15, 0.2) is 24.3 Å². The Labute approximate surface area is 123 Å². The molecule has 110 valence electrons. The number of piperazine rings is 1. The van der Waals surface area contributed by atoms with E-state index in [1.54, 1.807) is 4.90 Å². The molecule has 0 radical (unpaired) electrons. The number of amides is 1. The zero-order chi connectivity index (χ0) is 13.7. The van der Waals surface area contributed by atoms with E-state index in [0.717, 1.165) is 13.1 Å². The molecule has 1 amide bonds. The molecule has 0 aromatic heterocycles. The highest BCUT2D eigenvalue weighted by atomic mass is 35.5. The first-order chi connectivity index (χ1) is 9.16. The summed E-state index contributed by atoms with van der Waals surface area (Å²) in [5, 5.41) is 3.17. The fraction of sp³-hybridized carbons (Fsp3) is 0.429. The Hall–Kier alpha value is -1.46. The second-order valence-electron chi connectivity index (χ2n) is 4.56. The average molecular weight is 301 g/mol. The largest absolute Gasteiger partial charge is 0.340 e. The molecule has 2 rings (SSSR count). The van der Waals surface area contributed by atoms with Crippen molar-refractivity contribution in [1.29, 1.82) is 0 Å². The summed E-state index contributed by atoms with van der Waals surface area (Å²) >= 11 is 0. The standard InChI is InChI=1S/C14H17FN2O2.ClH/c15-12-3-1-11(2-4-12)13(18)5-6-14(19)17-9-7-16-8-10-17;/h1-4,16H,5-10H2;1H. The van der Waals surface area contributed by atoms with E-state index in [-0.39, 0.29) is 42.8 Å². The van der Waals surface area contributed by atoms with Crippen LogP contribution < -0.4 is 5.32 Å². The summed E-state index contributed by atoms with van der Waals surface area (Å²) in [6.07, 6.45) is 0.393. The lowest BCUT2D eigenvalue weighted by atomic mass is 10.1. The molecule has 6 heteroatoms. The number of rotatable bonds is 4. The van der Waals surface area contributed by atoms with Crippen LogP contribution >= 0.6 is 12.4 Å². The molecule has 1 heterocycles. The number of hydrogen-bond donors (Lipinski definition) is 1. The molecule has 1 aromatic rings. The first kappa shape index (κ1) is 16.6. The van der Waals surface area contributed by atoms with E-state index < -0.39 is 0 Å². The monoisotopic (exact) mass is 300 g/mol. The van der Waals surface area contributed by atoms with E-state index in [1.165, 1.54) is 24.3 Å². The van der Waals surface area contributed by atoms with Gasteiger partial charge in [-0.2, -0.15) is 0 Å². The lowest BCUT2D eigenvalue weighted by Crippen LogP contribution is -2.46. The fourth-order valence-electron chi connectivity index (χ4n) is 2.07. The van der Waals surface area contributed by atoms with Gasteiger partial charge in [-0.05, 0) is 24.3 Å². The number of hydrogen-bond acceptors (Lipinski definition) is 3. The average Bonchev–Trinajstić information content (AvgIpc) is 2.46. The van der Waals surface area contributed by atoms with Gasteiger partial charge in [0, 0.05) is 44.6 Å². The van der Waals surface area contributed by atoms with Gasteiger partial charge >= 0.3 is 0 Å². The highest BCUT2D eigenvalue weighted by Gasteiger charge is 2.17. The molecular weight excluding hydrogens is 283 g/mol. The molecule has 0 aliphatic carbocycles. The fourth-order valence-corrected chi connectivity index (χ4v) is 2.07. The summed E-state index contributed by atoms with van der Waals surface area (Å²) in [6.45, 7) is 3.00. The molecule has 1 aliphatic rings. The third-order valence-corrected chi connectivity index (χ3v) is 3.20. The van der Waals surface area contributed by atoms with Crippen LogP contribution in [-0.4, -0.2) is 42.8 Å². The number of halogens is 2. The number of nitrogens with one attached hydrogen (secondary N) is 1. The van der Waals surface area contributed by atoms with Crippen LogP contribution in [0.3, 0.4) is 0 Å². The van der Waals surface area contributed by atoms with Crippen LogP contribution in [0.25, 0.3) is 0 Å². The number of nitrogens with zero attached hydrogens (tertiary/aromatic N) is 1. The zero-order valence-corrected chi connectivity index (χ0v) is 11.9. The molecule has 0 saturated carbocycles. The third-order valence-electron chi connectivity index (χ3n) is 3.20. The summed E-state index contributed by atoms with van der Waals surface area (Å²) in [5.41, 5.74) is 0.453. The second-order valence-corrected chi connectivity index (χ2v) is 4.56. The molecule has 0 atom stereocenters. The maximum absolute atomic E-state index is 12.7. The molecule has 4 nitrogen and oxygen atoms in total. The Morgan fingerprint density at radius 1 is 1.10 bits per heavy atom. The maximum atomic E-state index is 12.7. The molecule has 0 unspecified atom stereocenters. The van der Waals surface area contributed by atoms with Gasteiger partial charge in [-0.3, -0.25) is 9.59 Å². The molecule has 1 aliphatic heterocycles. The van der Waals surface area contributed by atoms with Gasteiger partial charge < -0.3 is 10.2 Å². The predicted molar refractivity (Wildman–Crippen MR) is 76.7 cm³/mol. The molecule has 1 saturated heterocycles. The van der Waals surface area contributed by atoms with E-state index in [9.17, 15) is 14.0 Å². The van der Waals surface area contributed by atoms with Crippen LogP contribution in [0.4, 0.5) is 4.39 Å². The first-order valence-electron chi connectivity index (χ1n) is 6.44. The Kier molecular flexibility index (Phi) is 6.61. The summed E-state index contributed by atoms with van der Waals surface area (Å²) in [7, 11) is 0. The van der Waals surface area contributed by atoms with Crippen molar-refractivity contribution in [2.45, 2.75) is 12.8 Å². The summed E-state index contributed by atoms with van der Waals surface area (Å²) < 4.78 is 12.7. The van der Waals surface area contributed by atoms with Crippen molar-refractivity contribution in [3.63, 3.8) is 0 Å². The van der Waals surface area contributed by atoms with Crippen LogP contribution in [0, 0.1) is 5.82 Å². The summed E-state index contributed by atoms with van der Waals surface area (Å²) in [4.78, 5) is 25.5. The normalized spacial score (nSPS) is 14.6. The van der Waals surface area contributed by atoms with Crippen molar-refractivity contribution in [2.75, 3.05) is 26.2 Å². The highest BCUT2D eigenvalue weighted by molar-refractivity contribution is 5.97. The topological polar surface area (TPSA) is 49.4 Å². The Morgan fingerprint density at radius 3 is 2.30 bits per heavy atom. The molecule has 1 aromatic carbocycles. The second kappa shape index (κ2) is 7.97. The molecule has 1 N–H and O–H groups in total. The van der Waals surface area contributed by atoms with E-state index in [0.29, 0.717) is 18.7 Å². The molecule has 1 fully saturated rings. The molecule has 0 spiro atoms. The highest BCUT2D eigenvalue weighted by Crippen LogP contribution is 2.09. The van der Waals surface area contributed by atoms with Crippen molar-refractivity contribution in [1.82, 2.24) is 10.2 Å². The minimum atomic E-state index is -0.367. The Morgan fingerprint density at radius 2 is 1.70 bits per heavy atom. The van der Waals surface area contributed by atoms with Crippen LogP contribution in [0.2, 0.25) is 0 Å². The van der Waals surface area contributed by atoms with Crippen molar-refractivity contribution in [3.8, 4) is 0 Å². The zero-order valence-electron chi connectivity index (χ0n) is 11.1. The quantitative estimate of drug-likeness (QED) is 0.860.